The Morgan fingerprint density at radius 2 is 1.65 bits per heavy atom. The molecular formula is C15H23NO3S. The van der Waals surface area contributed by atoms with Crippen molar-refractivity contribution < 1.29 is 14.3 Å². The van der Waals surface area contributed by atoms with Gasteiger partial charge >= 0.3 is 0 Å². The number of nitrogens with zero attached hydrogens (tertiary/aromatic N) is 1. The minimum atomic E-state index is 0.115. The third-order valence-corrected chi connectivity index (χ3v) is 3.86. The van der Waals surface area contributed by atoms with E-state index >= 15 is 0 Å². The van der Waals surface area contributed by atoms with E-state index in [4.69, 9.17) is 9.47 Å². The Labute approximate surface area is 125 Å². The predicted octanol–water partition coefficient (Wildman–Crippen LogP) is 2.21. The van der Waals surface area contributed by atoms with Crippen molar-refractivity contribution >= 4 is 17.7 Å². The van der Waals surface area contributed by atoms with Crippen LogP contribution >= 0.6 is 11.8 Å². The summed E-state index contributed by atoms with van der Waals surface area (Å²) in [6.45, 7) is 4.35. The number of methoxy groups -OCH3 is 2. The number of aryl methyl sites for hydroxylation is 1. The van der Waals surface area contributed by atoms with Crippen LogP contribution in [0.5, 0.6) is 0 Å². The molecule has 20 heavy (non-hydrogen) atoms. The largest absolute Gasteiger partial charge is 0.383 e. The lowest BCUT2D eigenvalue weighted by molar-refractivity contribution is -0.129. The van der Waals surface area contributed by atoms with E-state index in [0.717, 1.165) is 4.90 Å². The second-order valence-corrected chi connectivity index (χ2v) is 5.52. The van der Waals surface area contributed by atoms with Crippen LogP contribution in [0.25, 0.3) is 0 Å². The molecule has 0 fully saturated rings. The van der Waals surface area contributed by atoms with Gasteiger partial charge in [-0.1, -0.05) is 17.7 Å². The van der Waals surface area contributed by atoms with E-state index in [2.05, 4.69) is 19.1 Å². The summed E-state index contributed by atoms with van der Waals surface area (Å²) in [6.07, 6.45) is 0. The summed E-state index contributed by atoms with van der Waals surface area (Å²) in [4.78, 5) is 15.1. The molecule has 112 valence electrons. The monoisotopic (exact) mass is 297 g/mol. The normalized spacial score (nSPS) is 10.6. The molecule has 1 aromatic carbocycles. The van der Waals surface area contributed by atoms with E-state index in [1.165, 1.54) is 5.56 Å². The predicted molar refractivity (Wildman–Crippen MR) is 82.2 cm³/mol. The molecule has 0 aliphatic carbocycles. The van der Waals surface area contributed by atoms with Crippen molar-refractivity contribution in [2.24, 2.45) is 0 Å². The molecule has 0 aliphatic rings. The first-order chi connectivity index (χ1) is 9.67. The van der Waals surface area contributed by atoms with Crippen LogP contribution in [-0.4, -0.2) is 57.1 Å². The minimum Gasteiger partial charge on any atom is -0.383 e. The van der Waals surface area contributed by atoms with Gasteiger partial charge in [-0.3, -0.25) is 4.79 Å². The molecule has 0 saturated carbocycles. The first-order valence-electron chi connectivity index (χ1n) is 6.62. The number of benzene rings is 1. The van der Waals surface area contributed by atoms with Crippen molar-refractivity contribution in [3.8, 4) is 0 Å². The molecule has 0 saturated heterocycles. The van der Waals surface area contributed by atoms with Gasteiger partial charge in [-0.2, -0.15) is 0 Å². The van der Waals surface area contributed by atoms with E-state index in [-0.39, 0.29) is 5.91 Å². The number of carbonyl (C=O) groups is 1. The van der Waals surface area contributed by atoms with Crippen molar-refractivity contribution in [1.29, 1.82) is 0 Å². The molecule has 0 heterocycles. The van der Waals surface area contributed by atoms with Gasteiger partial charge in [-0.05, 0) is 19.1 Å². The molecule has 5 heteroatoms. The van der Waals surface area contributed by atoms with Crippen LogP contribution in [0.2, 0.25) is 0 Å². The number of rotatable bonds is 9. The lowest BCUT2D eigenvalue weighted by atomic mass is 10.2. The molecule has 0 N–H and O–H groups in total. The van der Waals surface area contributed by atoms with E-state index in [1.807, 2.05) is 12.1 Å². The third kappa shape index (κ3) is 6.41. The molecule has 0 unspecified atom stereocenters. The van der Waals surface area contributed by atoms with Crippen molar-refractivity contribution in [2.75, 3.05) is 46.3 Å². The van der Waals surface area contributed by atoms with E-state index in [0.29, 0.717) is 32.1 Å². The van der Waals surface area contributed by atoms with Gasteiger partial charge in [-0.15, -0.1) is 11.8 Å². The number of hydrogen-bond acceptors (Lipinski definition) is 4. The lowest BCUT2D eigenvalue weighted by Crippen LogP contribution is -2.37. The van der Waals surface area contributed by atoms with Crippen molar-refractivity contribution in [3.63, 3.8) is 0 Å². The fourth-order valence-corrected chi connectivity index (χ4v) is 2.44. The molecule has 0 bridgehead atoms. The minimum absolute atomic E-state index is 0.115. The standard InChI is InChI=1S/C15H23NO3S/c1-13-4-6-14(7-5-13)20-12-15(17)16(8-10-18-2)9-11-19-3/h4-7H,8-12H2,1-3H3. The average molecular weight is 297 g/mol. The Morgan fingerprint density at radius 1 is 1.10 bits per heavy atom. The Morgan fingerprint density at radius 3 is 2.15 bits per heavy atom. The summed E-state index contributed by atoms with van der Waals surface area (Å²) in [7, 11) is 3.28. The van der Waals surface area contributed by atoms with Crippen molar-refractivity contribution in [3.05, 3.63) is 29.8 Å². The number of thioether (sulfide) groups is 1. The highest BCUT2D eigenvalue weighted by Gasteiger charge is 2.13. The molecule has 0 aromatic heterocycles. The molecule has 4 nitrogen and oxygen atoms in total. The Hall–Kier alpha value is -1.04. The summed E-state index contributed by atoms with van der Waals surface area (Å²) in [5, 5.41) is 0. The summed E-state index contributed by atoms with van der Waals surface area (Å²) >= 11 is 1.56. The summed E-state index contributed by atoms with van der Waals surface area (Å²) in [6, 6.07) is 8.20. The van der Waals surface area contributed by atoms with Crippen LogP contribution in [-0.2, 0) is 14.3 Å². The van der Waals surface area contributed by atoms with E-state index < -0.39 is 0 Å². The second kappa shape index (κ2) is 9.80. The molecule has 0 radical (unpaired) electrons. The SMILES string of the molecule is COCCN(CCOC)C(=O)CSc1ccc(C)cc1. The first-order valence-corrected chi connectivity index (χ1v) is 7.61. The average Bonchev–Trinajstić information content (AvgIpc) is 2.46. The summed E-state index contributed by atoms with van der Waals surface area (Å²) in [5.74, 6) is 0.556. The fourth-order valence-electron chi connectivity index (χ4n) is 1.64. The molecule has 1 rings (SSSR count). The lowest BCUT2D eigenvalue weighted by Gasteiger charge is -2.21. The van der Waals surface area contributed by atoms with Crippen LogP contribution in [0.1, 0.15) is 5.56 Å². The molecular weight excluding hydrogens is 274 g/mol. The quantitative estimate of drug-likeness (QED) is 0.655. The van der Waals surface area contributed by atoms with E-state index in [1.54, 1.807) is 30.9 Å². The maximum atomic E-state index is 12.2. The zero-order valence-corrected chi connectivity index (χ0v) is 13.2. The van der Waals surface area contributed by atoms with Crippen LogP contribution < -0.4 is 0 Å². The second-order valence-electron chi connectivity index (χ2n) is 4.47. The van der Waals surface area contributed by atoms with Crippen LogP contribution in [0, 0.1) is 6.92 Å². The van der Waals surface area contributed by atoms with Gasteiger partial charge in [0.25, 0.3) is 0 Å². The fraction of sp³-hybridized carbons (Fsp3) is 0.533. The molecule has 0 aliphatic heterocycles. The number of ether oxygens (including phenoxy) is 2. The zero-order valence-electron chi connectivity index (χ0n) is 12.4. The van der Waals surface area contributed by atoms with Gasteiger partial charge < -0.3 is 14.4 Å². The Balaban J connectivity index is 2.45. The highest BCUT2D eigenvalue weighted by atomic mass is 32.2. The maximum absolute atomic E-state index is 12.2. The highest BCUT2D eigenvalue weighted by molar-refractivity contribution is 8.00. The topological polar surface area (TPSA) is 38.8 Å². The number of carbonyl (C=O) groups excluding carboxylic acids is 1. The van der Waals surface area contributed by atoms with Gasteiger partial charge in [-0.25, -0.2) is 0 Å². The maximum Gasteiger partial charge on any atom is 0.233 e. The molecule has 1 amide bonds. The third-order valence-electron chi connectivity index (χ3n) is 2.87. The van der Waals surface area contributed by atoms with Crippen molar-refractivity contribution in [1.82, 2.24) is 4.90 Å². The number of amides is 1. The van der Waals surface area contributed by atoms with Gasteiger partial charge in [0.2, 0.25) is 5.91 Å². The van der Waals surface area contributed by atoms with Gasteiger partial charge in [0.1, 0.15) is 0 Å². The summed E-state index contributed by atoms with van der Waals surface area (Å²) < 4.78 is 10.1. The molecule has 0 spiro atoms. The van der Waals surface area contributed by atoms with Crippen LogP contribution in [0.15, 0.2) is 29.2 Å². The Kier molecular flexibility index (Phi) is 8.34. The Bertz CT molecular complexity index is 387. The smallest absolute Gasteiger partial charge is 0.233 e. The van der Waals surface area contributed by atoms with Crippen LogP contribution in [0.3, 0.4) is 0 Å². The molecule has 1 aromatic rings. The number of hydrogen-bond donors (Lipinski definition) is 0. The van der Waals surface area contributed by atoms with Gasteiger partial charge in [0.15, 0.2) is 0 Å². The van der Waals surface area contributed by atoms with Crippen molar-refractivity contribution in [2.45, 2.75) is 11.8 Å². The van der Waals surface area contributed by atoms with Gasteiger partial charge in [0, 0.05) is 32.2 Å². The zero-order chi connectivity index (χ0) is 14.8. The highest BCUT2D eigenvalue weighted by Crippen LogP contribution is 2.18. The van der Waals surface area contributed by atoms with Crippen LogP contribution in [0.4, 0.5) is 0 Å². The summed E-state index contributed by atoms with van der Waals surface area (Å²) in [5.41, 5.74) is 1.22. The van der Waals surface area contributed by atoms with E-state index in [9.17, 15) is 4.79 Å². The first kappa shape index (κ1) is 17.0. The molecule has 0 atom stereocenters. The van der Waals surface area contributed by atoms with Gasteiger partial charge in [0.05, 0.1) is 19.0 Å².